The third kappa shape index (κ3) is 5.33. The zero-order valence-electron chi connectivity index (χ0n) is 25.1. The summed E-state index contributed by atoms with van der Waals surface area (Å²) in [6.45, 7) is 0. The van der Waals surface area contributed by atoms with Gasteiger partial charge in [0, 0.05) is 17.1 Å². The number of hydrogen-bond donors (Lipinski definition) is 0. The first kappa shape index (κ1) is 27.3. The fourth-order valence-electron chi connectivity index (χ4n) is 5.99. The lowest BCUT2D eigenvalue weighted by molar-refractivity contribution is 0.766. The summed E-state index contributed by atoms with van der Waals surface area (Å²) in [5.41, 5.74) is 13.0. The molecular weight excluding hydrogens is 560 g/mol. The second-order valence-corrected chi connectivity index (χ2v) is 11.2. The van der Waals surface area contributed by atoms with Gasteiger partial charge in [0.25, 0.3) is 0 Å². The van der Waals surface area contributed by atoms with Crippen LogP contribution in [0.4, 0.5) is 17.1 Å². The van der Waals surface area contributed by atoms with Crippen molar-refractivity contribution >= 4 is 28.1 Å². The molecule has 4 heteroatoms. The van der Waals surface area contributed by atoms with Gasteiger partial charge >= 0.3 is 0 Å². The van der Waals surface area contributed by atoms with Gasteiger partial charge in [0.05, 0.1) is 5.69 Å². The second-order valence-electron chi connectivity index (χ2n) is 11.2. The summed E-state index contributed by atoms with van der Waals surface area (Å²) in [6, 6.07) is 63.7. The Hall–Kier alpha value is -6.26. The van der Waals surface area contributed by atoms with Crippen LogP contribution >= 0.6 is 0 Å². The highest BCUT2D eigenvalue weighted by atomic mass is 15.5. The molecule has 0 amide bonds. The molecule has 0 spiro atoms. The molecular formula is C42H30N4. The molecule has 0 N–H and O–H groups in total. The van der Waals surface area contributed by atoms with Gasteiger partial charge < -0.3 is 4.90 Å². The zero-order chi connectivity index (χ0) is 30.7. The normalized spacial score (nSPS) is 11.0. The largest absolute Gasteiger partial charge is 0.310 e. The maximum atomic E-state index is 4.69. The van der Waals surface area contributed by atoms with Crippen LogP contribution in [0.2, 0.25) is 0 Å². The van der Waals surface area contributed by atoms with Gasteiger partial charge in [-0.15, -0.1) is 10.2 Å². The molecule has 0 atom stereocenters. The lowest BCUT2D eigenvalue weighted by atomic mass is 9.93. The van der Waals surface area contributed by atoms with Crippen LogP contribution in [0.25, 0.3) is 50.1 Å². The summed E-state index contributed by atoms with van der Waals surface area (Å²) >= 11 is 0. The summed E-state index contributed by atoms with van der Waals surface area (Å²) in [5, 5.41) is 9.38. The van der Waals surface area contributed by atoms with E-state index in [0.717, 1.165) is 33.8 Å². The highest BCUT2D eigenvalue weighted by Gasteiger charge is 2.17. The number of hydrogen-bond acceptors (Lipinski definition) is 3. The van der Waals surface area contributed by atoms with Crippen molar-refractivity contribution in [1.29, 1.82) is 0 Å². The number of anilines is 3. The Morgan fingerprint density at radius 2 is 0.783 bits per heavy atom. The topological polar surface area (TPSA) is 34.0 Å². The number of rotatable bonds is 7. The van der Waals surface area contributed by atoms with Gasteiger partial charge in [0.15, 0.2) is 0 Å². The molecule has 4 nitrogen and oxygen atoms in total. The van der Waals surface area contributed by atoms with Crippen LogP contribution in [0.5, 0.6) is 0 Å². The fraction of sp³-hybridized carbons (Fsp3) is 0. The van der Waals surface area contributed by atoms with Crippen LogP contribution in [0.15, 0.2) is 182 Å². The molecule has 1 aromatic heterocycles. The van der Waals surface area contributed by atoms with E-state index < -0.39 is 0 Å². The van der Waals surface area contributed by atoms with Crippen molar-refractivity contribution in [3.63, 3.8) is 0 Å². The average molecular weight is 591 g/mol. The smallest absolute Gasteiger partial charge is 0.113 e. The molecule has 0 aliphatic rings. The highest BCUT2D eigenvalue weighted by molar-refractivity contribution is 5.89. The minimum Gasteiger partial charge on any atom is -0.310 e. The minimum absolute atomic E-state index is 0.874. The summed E-state index contributed by atoms with van der Waals surface area (Å²) in [6.07, 6.45) is 0. The van der Waals surface area contributed by atoms with Crippen LogP contribution in [0, 0.1) is 0 Å². The maximum Gasteiger partial charge on any atom is 0.113 e. The van der Waals surface area contributed by atoms with Gasteiger partial charge in [-0.1, -0.05) is 121 Å². The van der Waals surface area contributed by atoms with E-state index in [4.69, 9.17) is 0 Å². The zero-order valence-corrected chi connectivity index (χ0v) is 25.1. The number of fused-ring (bicyclic) bond motifs is 1. The van der Waals surface area contributed by atoms with Crippen molar-refractivity contribution in [3.8, 4) is 39.1 Å². The van der Waals surface area contributed by atoms with Crippen LogP contribution in [-0.2, 0) is 0 Å². The van der Waals surface area contributed by atoms with Crippen molar-refractivity contribution in [2.45, 2.75) is 0 Å². The molecule has 0 bridgehead atoms. The SMILES string of the molecule is c1ccc(-c2ccc(N(c3ccc(-n4nc5ccccc5n4)cc3)c3ccc(-c4ccccc4)c(-c4ccccc4)c3)cc2)cc1. The molecule has 1 heterocycles. The molecule has 0 radical (unpaired) electrons. The third-order valence-electron chi connectivity index (χ3n) is 8.29. The summed E-state index contributed by atoms with van der Waals surface area (Å²) < 4.78 is 0. The lowest BCUT2D eigenvalue weighted by Crippen LogP contribution is -2.10. The second kappa shape index (κ2) is 12.0. The van der Waals surface area contributed by atoms with E-state index >= 15 is 0 Å². The molecule has 0 aliphatic heterocycles. The first-order valence-electron chi connectivity index (χ1n) is 15.4. The molecule has 0 aliphatic carbocycles. The monoisotopic (exact) mass is 590 g/mol. The Morgan fingerprint density at radius 3 is 1.35 bits per heavy atom. The Morgan fingerprint density at radius 1 is 0.348 bits per heavy atom. The first-order chi connectivity index (χ1) is 22.8. The first-order valence-corrected chi connectivity index (χ1v) is 15.4. The number of benzene rings is 7. The van der Waals surface area contributed by atoms with Crippen molar-refractivity contribution < 1.29 is 0 Å². The predicted octanol–water partition coefficient (Wildman–Crippen LogP) is 10.9. The van der Waals surface area contributed by atoms with Crippen molar-refractivity contribution in [1.82, 2.24) is 15.0 Å². The Kier molecular flexibility index (Phi) is 7.14. The van der Waals surface area contributed by atoms with E-state index in [1.54, 1.807) is 4.80 Å². The summed E-state index contributed by atoms with van der Waals surface area (Å²) in [7, 11) is 0. The van der Waals surface area contributed by atoms with E-state index in [-0.39, 0.29) is 0 Å². The molecule has 0 fully saturated rings. The van der Waals surface area contributed by atoms with Gasteiger partial charge in [0.2, 0.25) is 0 Å². The standard InChI is InChI=1S/C42H30N4/c1-4-12-31(13-5-1)32-20-22-35(23-21-32)45(36-24-26-37(27-25-36)46-43-41-18-10-11-19-42(41)44-46)38-28-29-39(33-14-6-2-7-15-33)40(30-38)34-16-8-3-9-17-34/h1-30H. The molecule has 8 aromatic rings. The summed E-state index contributed by atoms with van der Waals surface area (Å²) in [5.74, 6) is 0. The molecule has 8 rings (SSSR count). The number of aromatic nitrogens is 3. The van der Waals surface area contributed by atoms with Gasteiger partial charge in [-0.2, -0.15) is 4.80 Å². The molecule has 0 saturated carbocycles. The van der Waals surface area contributed by atoms with Crippen LogP contribution in [0.3, 0.4) is 0 Å². The molecule has 0 saturated heterocycles. The van der Waals surface area contributed by atoms with Gasteiger partial charge in [-0.05, 0) is 94.0 Å². The van der Waals surface area contributed by atoms with Crippen molar-refractivity contribution in [2.24, 2.45) is 0 Å². The van der Waals surface area contributed by atoms with Gasteiger partial charge in [-0.3, -0.25) is 0 Å². The van der Waals surface area contributed by atoms with E-state index in [2.05, 4.69) is 167 Å². The van der Waals surface area contributed by atoms with Gasteiger partial charge in [0.1, 0.15) is 11.0 Å². The fourth-order valence-corrected chi connectivity index (χ4v) is 5.99. The highest BCUT2D eigenvalue weighted by Crippen LogP contribution is 2.41. The molecule has 46 heavy (non-hydrogen) atoms. The van der Waals surface area contributed by atoms with E-state index in [9.17, 15) is 0 Å². The molecule has 218 valence electrons. The van der Waals surface area contributed by atoms with Gasteiger partial charge in [-0.25, -0.2) is 0 Å². The Bertz CT molecular complexity index is 2190. The quantitative estimate of drug-likeness (QED) is 0.185. The van der Waals surface area contributed by atoms with Crippen molar-refractivity contribution in [3.05, 3.63) is 182 Å². The third-order valence-corrected chi connectivity index (χ3v) is 8.29. The van der Waals surface area contributed by atoms with Crippen molar-refractivity contribution in [2.75, 3.05) is 4.90 Å². The van der Waals surface area contributed by atoms with E-state index in [0.29, 0.717) is 0 Å². The number of nitrogens with zero attached hydrogens (tertiary/aromatic N) is 4. The van der Waals surface area contributed by atoms with Crippen LogP contribution in [-0.4, -0.2) is 15.0 Å². The lowest BCUT2D eigenvalue weighted by Gasteiger charge is -2.27. The minimum atomic E-state index is 0.874. The molecule has 0 unspecified atom stereocenters. The average Bonchev–Trinajstić information content (AvgIpc) is 3.58. The molecule has 7 aromatic carbocycles. The Balaban J connectivity index is 1.25. The Labute approximate surface area is 268 Å². The maximum absolute atomic E-state index is 4.69. The van der Waals surface area contributed by atoms with Crippen LogP contribution < -0.4 is 4.90 Å². The predicted molar refractivity (Wildman–Crippen MR) is 190 cm³/mol. The van der Waals surface area contributed by atoms with E-state index in [1.165, 1.54) is 33.4 Å². The summed E-state index contributed by atoms with van der Waals surface area (Å²) in [4.78, 5) is 4.02. The van der Waals surface area contributed by atoms with E-state index in [1.807, 2.05) is 30.3 Å². The van der Waals surface area contributed by atoms with Crippen LogP contribution in [0.1, 0.15) is 0 Å².